The van der Waals surface area contributed by atoms with Gasteiger partial charge in [-0.05, 0) is 25.2 Å². The minimum atomic E-state index is -0.908. The van der Waals surface area contributed by atoms with Gasteiger partial charge >= 0.3 is 12.1 Å². The van der Waals surface area contributed by atoms with Crippen LogP contribution in [-0.2, 0) is 9.53 Å². The van der Waals surface area contributed by atoms with E-state index in [2.05, 4.69) is 4.74 Å². The lowest BCUT2D eigenvalue weighted by Crippen LogP contribution is -2.59. The predicted molar refractivity (Wildman–Crippen MR) is 71.9 cm³/mol. The van der Waals surface area contributed by atoms with E-state index in [1.54, 1.807) is 0 Å². The van der Waals surface area contributed by atoms with Crippen molar-refractivity contribution >= 4 is 12.1 Å². The lowest BCUT2D eigenvalue weighted by atomic mass is 9.68. The average Bonchev–Trinajstić information content (AvgIpc) is 2.26. The Morgan fingerprint density at radius 3 is 2.42 bits per heavy atom. The molecular weight excluding hydrogens is 246 g/mol. The van der Waals surface area contributed by atoms with Gasteiger partial charge in [-0.2, -0.15) is 0 Å². The van der Waals surface area contributed by atoms with Gasteiger partial charge in [-0.3, -0.25) is 0 Å². The quantitative estimate of drug-likeness (QED) is 0.587. The summed E-state index contributed by atoms with van der Waals surface area (Å²) in [5.41, 5.74) is 0.194. The van der Waals surface area contributed by atoms with Crippen LogP contribution in [0.15, 0.2) is 11.6 Å². The Bertz CT molecular complexity index is 408. The van der Waals surface area contributed by atoms with Gasteiger partial charge in [-0.25, -0.2) is 9.59 Å². The van der Waals surface area contributed by atoms with Crippen molar-refractivity contribution in [1.82, 2.24) is 4.90 Å². The molecule has 0 saturated carbocycles. The van der Waals surface area contributed by atoms with E-state index in [1.807, 2.05) is 27.7 Å². The highest BCUT2D eigenvalue weighted by atomic mass is 16.5. The Kier molecular flexibility index (Phi) is 4.28. The first-order valence-electron chi connectivity index (χ1n) is 6.40. The number of methoxy groups -OCH3 is 1. The highest BCUT2D eigenvalue weighted by molar-refractivity contribution is 5.82. The summed E-state index contributed by atoms with van der Waals surface area (Å²) in [6.45, 7) is 8.40. The minimum Gasteiger partial charge on any atom is -0.466 e. The van der Waals surface area contributed by atoms with Crippen LogP contribution in [0.5, 0.6) is 0 Å². The average molecular weight is 269 g/mol. The van der Waals surface area contributed by atoms with Crippen molar-refractivity contribution in [2.75, 3.05) is 13.7 Å². The number of ether oxygens (including phenoxy) is 1. The number of esters is 1. The van der Waals surface area contributed by atoms with Crippen molar-refractivity contribution in [1.29, 1.82) is 0 Å². The number of hydrogen-bond donors (Lipinski definition) is 1. The molecule has 1 rings (SSSR count). The smallest absolute Gasteiger partial charge is 0.407 e. The predicted octanol–water partition coefficient (Wildman–Crippen LogP) is 2.66. The number of rotatable bonds is 1. The molecule has 19 heavy (non-hydrogen) atoms. The van der Waals surface area contributed by atoms with Gasteiger partial charge in [0, 0.05) is 12.6 Å². The third kappa shape index (κ3) is 3.08. The van der Waals surface area contributed by atoms with Gasteiger partial charge in [0.05, 0.1) is 12.6 Å². The lowest BCUT2D eigenvalue weighted by molar-refractivity contribution is -0.134. The number of piperidine rings is 1. The van der Waals surface area contributed by atoms with Gasteiger partial charge in [-0.1, -0.05) is 26.3 Å². The van der Waals surface area contributed by atoms with Crippen LogP contribution in [-0.4, -0.2) is 41.3 Å². The molecule has 1 amide bonds. The largest absolute Gasteiger partial charge is 0.466 e. The first kappa shape index (κ1) is 15.5. The Morgan fingerprint density at radius 1 is 1.42 bits per heavy atom. The zero-order valence-corrected chi connectivity index (χ0v) is 12.3. The maximum absolute atomic E-state index is 11.4. The molecule has 1 atom stereocenters. The summed E-state index contributed by atoms with van der Waals surface area (Å²) in [6.07, 6.45) is 1.71. The number of carbonyl (C=O) groups excluding carboxylic acids is 1. The topological polar surface area (TPSA) is 66.8 Å². The van der Waals surface area contributed by atoms with Crippen LogP contribution < -0.4 is 0 Å². The summed E-state index contributed by atoms with van der Waals surface area (Å²) in [5, 5.41) is 9.37. The molecule has 1 aliphatic rings. The molecule has 1 heterocycles. The molecule has 108 valence electrons. The SMILES string of the molecule is COC(=O)C=C1CCN(C(=O)O)[C@](C)(C(C)(C)C)C1. The third-order valence-electron chi connectivity index (χ3n) is 4.19. The highest BCUT2D eigenvalue weighted by Gasteiger charge is 2.47. The number of carbonyl (C=O) groups is 2. The fourth-order valence-corrected chi connectivity index (χ4v) is 2.45. The van der Waals surface area contributed by atoms with E-state index in [4.69, 9.17) is 0 Å². The van der Waals surface area contributed by atoms with Gasteiger partial charge in [-0.15, -0.1) is 0 Å². The van der Waals surface area contributed by atoms with Crippen molar-refractivity contribution < 1.29 is 19.4 Å². The molecule has 0 radical (unpaired) electrons. The Hall–Kier alpha value is -1.52. The van der Waals surface area contributed by atoms with E-state index in [0.717, 1.165) is 5.57 Å². The van der Waals surface area contributed by atoms with Gasteiger partial charge in [0.1, 0.15) is 0 Å². The summed E-state index contributed by atoms with van der Waals surface area (Å²) in [5.74, 6) is -0.380. The molecular formula is C14H23NO4. The molecule has 0 aromatic carbocycles. The molecule has 5 nitrogen and oxygen atoms in total. The molecule has 0 spiro atoms. The second kappa shape index (κ2) is 5.23. The minimum absolute atomic E-state index is 0.221. The van der Waals surface area contributed by atoms with E-state index in [9.17, 15) is 14.7 Å². The maximum atomic E-state index is 11.4. The normalized spacial score (nSPS) is 26.4. The summed E-state index contributed by atoms with van der Waals surface area (Å²) in [4.78, 5) is 24.2. The van der Waals surface area contributed by atoms with Crippen molar-refractivity contribution in [3.63, 3.8) is 0 Å². The van der Waals surface area contributed by atoms with Gasteiger partial charge in [0.25, 0.3) is 0 Å². The van der Waals surface area contributed by atoms with Crippen molar-refractivity contribution in [2.45, 2.75) is 46.1 Å². The monoisotopic (exact) mass is 269 g/mol. The molecule has 0 aromatic heterocycles. The molecule has 0 aliphatic carbocycles. The molecule has 0 bridgehead atoms. The van der Waals surface area contributed by atoms with Crippen LogP contribution in [0.3, 0.4) is 0 Å². The van der Waals surface area contributed by atoms with E-state index < -0.39 is 11.6 Å². The highest BCUT2D eigenvalue weighted by Crippen LogP contribution is 2.43. The van der Waals surface area contributed by atoms with Crippen LogP contribution in [0.1, 0.15) is 40.5 Å². The molecule has 1 fully saturated rings. The van der Waals surface area contributed by atoms with E-state index in [0.29, 0.717) is 19.4 Å². The Morgan fingerprint density at radius 2 is 2.00 bits per heavy atom. The van der Waals surface area contributed by atoms with Gasteiger partial charge in [0.2, 0.25) is 0 Å². The zero-order chi connectivity index (χ0) is 14.8. The second-order valence-corrected chi connectivity index (χ2v) is 6.21. The molecule has 1 N–H and O–H groups in total. The van der Waals surface area contributed by atoms with Gasteiger partial charge < -0.3 is 14.7 Å². The third-order valence-corrected chi connectivity index (χ3v) is 4.19. The van der Waals surface area contributed by atoms with E-state index in [1.165, 1.54) is 18.1 Å². The molecule has 1 aliphatic heterocycles. The van der Waals surface area contributed by atoms with Crippen molar-refractivity contribution in [3.8, 4) is 0 Å². The lowest BCUT2D eigenvalue weighted by Gasteiger charge is -2.52. The van der Waals surface area contributed by atoms with Crippen LogP contribution in [0.4, 0.5) is 4.79 Å². The molecule has 0 unspecified atom stereocenters. The molecule has 5 heteroatoms. The van der Waals surface area contributed by atoms with E-state index >= 15 is 0 Å². The first-order valence-corrected chi connectivity index (χ1v) is 6.40. The van der Waals surface area contributed by atoms with Crippen molar-refractivity contribution in [2.24, 2.45) is 5.41 Å². The number of nitrogens with zero attached hydrogens (tertiary/aromatic N) is 1. The number of amides is 1. The maximum Gasteiger partial charge on any atom is 0.407 e. The fourth-order valence-electron chi connectivity index (χ4n) is 2.45. The second-order valence-electron chi connectivity index (χ2n) is 6.21. The van der Waals surface area contributed by atoms with E-state index in [-0.39, 0.29) is 11.4 Å². The number of hydrogen-bond acceptors (Lipinski definition) is 3. The summed E-state index contributed by atoms with van der Waals surface area (Å²) in [6, 6.07) is 0. The Labute approximate surface area is 114 Å². The summed E-state index contributed by atoms with van der Waals surface area (Å²) in [7, 11) is 1.34. The Balaban J connectivity index is 3.09. The fraction of sp³-hybridized carbons (Fsp3) is 0.714. The van der Waals surface area contributed by atoms with Crippen LogP contribution in [0, 0.1) is 5.41 Å². The number of carboxylic acid groups (broad SMARTS) is 1. The van der Waals surface area contributed by atoms with Gasteiger partial charge in [0.15, 0.2) is 0 Å². The summed E-state index contributed by atoms with van der Waals surface area (Å²) >= 11 is 0. The number of likely N-dealkylation sites (tertiary alicyclic amines) is 1. The van der Waals surface area contributed by atoms with Crippen LogP contribution in [0.25, 0.3) is 0 Å². The standard InChI is InChI=1S/C14H23NO4/c1-13(2,3)14(4)9-10(8-11(16)19-5)6-7-15(14)12(17)18/h8H,6-7,9H2,1-5H3,(H,17,18)/t14-/m0/s1. The van der Waals surface area contributed by atoms with Crippen LogP contribution in [0.2, 0.25) is 0 Å². The molecule has 1 saturated heterocycles. The first-order chi connectivity index (χ1) is 8.61. The zero-order valence-electron chi connectivity index (χ0n) is 12.3. The summed E-state index contributed by atoms with van der Waals surface area (Å²) < 4.78 is 4.64. The van der Waals surface area contributed by atoms with Crippen molar-refractivity contribution in [3.05, 3.63) is 11.6 Å². The van der Waals surface area contributed by atoms with Crippen LogP contribution >= 0.6 is 0 Å². The molecule has 0 aromatic rings.